The lowest BCUT2D eigenvalue weighted by atomic mass is 10.1. The summed E-state index contributed by atoms with van der Waals surface area (Å²) in [5, 5.41) is 0. The molecule has 0 aromatic heterocycles. The van der Waals surface area contributed by atoms with Gasteiger partial charge in [-0.15, -0.1) is 0 Å². The van der Waals surface area contributed by atoms with E-state index in [1.54, 1.807) is 32.2 Å². The van der Waals surface area contributed by atoms with Crippen molar-refractivity contribution in [3.05, 3.63) is 23.8 Å². The molecule has 2 N–H and O–H groups in total. The molecular weight excluding hydrogens is 274 g/mol. The highest BCUT2D eigenvalue weighted by molar-refractivity contribution is 7.89. The molecule has 1 aliphatic heterocycles. The SMILES string of the molecule is Cc1ccc(N)cc1S(=O)(=O)N(C)C1CCCN(C)C1. The number of hydrogen-bond donors (Lipinski definition) is 1. The number of nitrogen functional groups attached to an aromatic ring is 1. The Hall–Kier alpha value is -1.11. The highest BCUT2D eigenvalue weighted by Gasteiger charge is 2.31. The molecule has 112 valence electrons. The minimum atomic E-state index is -3.49. The molecule has 2 rings (SSSR count). The van der Waals surface area contributed by atoms with Gasteiger partial charge >= 0.3 is 0 Å². The molecule has 5 nitrogen and oxygen atoms in total. The molecule has 6 heteroatoms. The molecule has 1 saturated heterocycles. The van der Waals surface area contributed by atoms with Crippen LogP contribution >= 0.6 is 0 Å². The number of likely N-dealkylation sites (N-methyl/N-ethyl adjacent to an activating group) is 2. The normalized spacial score (nSPS) is 21.3. The fourth-order valence-corrected chi connectivity index (χ4v) is 4.32. The molecule has 1 heterocycles. The van der Waals surface area contributed by atoms with Crippen LogP contribution in [0.4, 0.5) is 5.69 Å². The molecule has 20 heavy (non-hydrogen) atoms. The van der Waals surface area contributed by atoms with E-state index in [1.807, 2.05) is 7.05 Å². The predicted octanol–water partition coefficient (Wildman–Crippen LogP) is 1.29. The van der Waals surface area contributed by atoms with Gasteiger partial charge in [-0.2, -0.15) is 4.31 Å². The maximum Gasteiger partial charge on any atom is 0.243 e. The highest BCUT2D eigenvalue weighted by Crippen LogP contribution is 2.25. The maximum atomic E-state index is 12.8. The third-order valence-electron chi connectivity index (χ3n) is 3.98. The van der Waals surface area contributed by atoms with Crippen molar-refractivity contribution in [2.75, 3.05) is 32.9 Å². The first kappa shape index (κ1) is 15.3. The van der Waals surface area contributed by atoms with Crippen LogP contribution in [0.15, 0.2) is 23.1 Å². The molecule has 1 aromatic rings. The lowest BCUT2D eigenvalue weighted by molar-refractivity contribution is 0.187. The number of benzene rings is 1. The van der Waals surface area contributed by atoms with Crippen molar-refractivity contribution >= 4 is 15.7 Å². The van der Waals surface area contributed by atoms with Gasteiger partial charge in [0.2, 0.25) is 10.0 Å². The van der Waals surface area contributed by atoms with Crippen molar-refractivity contribution in [2.45, 2.75) is 30.7 Å². The van der Waals surface area contributed by atoms with E-state index in [0.29, 0.717) is 10.6 Å². The van der Waals surface area contributed by atoms with Crippen LogP contribution < -0.4 is 5.73 Å². The van der Waals surface area contributed by atoms with Crippen LogP contribution in [0.1, 0.15) is 18.4 Å². The summed E-state index contributed by atoms with van der Waals surface area (Å²) in [7, 11) is 0.206. The molecule has 1 aromatic carbocycles. The Balaban J connectivity index is 2.31. The van der Waals surface area contributed by atoms with Crippen LogP contribution in [0.2, 0.25) is 0 Å². The third-order valence-corrected chi connectivity index (χ3v) is 6.04. The molecular formula is C14H23N3O2S. The molecule has 1 atom stereocenters. The average Bonchev–Trinajstić information content (AvgIpc) is 2.40. The summed E-state index contributed by atoms with van der Waals surface area (Å²) in [4.78, 5) is 2.49. The van der Waals surface area contributed by atoms with Gasteiger partial charge in [0.05, 0.1) is 4.90 Å². The van der Waals surface area contributed by atoms with E-state index in [2.05, 4.69) is 4.90 Å². The fraction of sp³-hybridized carbons (Fsp3) is 0.571. The van der Waals surface area contributed by atoms with E-state index in [4.69, 9.17) is 5.73 Å². The molecule has 0 spiro atoms. The minimum Gasteiger partial charge on any atom is -0.399 e. The summed E-state index contributed by atoms with van der Waals surface area (Å²) >= 11 is 0. The quantitative estimate of drug-likeness (QED) is 0.854. The van der Waals surface area contributed by atoms with E-state index < -0.39 is 10.0 Å². The van der Waals surface area contributed by atoms with E-state index >= 15 is 0 Å². The van der Waals surface area contributed by atoms with Gasteiger partial charge < -0.3 is 10.6 Å². The first-order chi connectivity index (χ1) is 9.32. The summed E-state index contributed by atoms with van der Waals surface area (Å²) < 4.78 is 27.0. The van der Waals surface area contributed by atoms with E-state index in [0.717, 1.165) is 31.5 Å². The van der Waals surface area contributed by atoms with E-state index in [9.17, 15) is 8.42 Å². The zero-order chi connectivity index (χ0) is 14.9. The van der Waals surface area contributed by atoms with Crippen molar-refractivity contribution in [3.8, 4) is 0 Å². The van der Waals surface area contributed by atoms with Crippen LogP contribution in [0.25, 0.3) is 0 Å². The number of piperidine rings is 1. The smallest absolute Gasteiger partial charge is 0.243 e. The van der Waals surface area contributed by atoms with Crippen molar-refractivity contribution in [1.29, 1.82) is 0 Å². The Morgan fingerprint density at radius 2 is 2.10 bits per heavy atom. The number of nitrogens with zero attached hydrogens (tertiary/aromatic N) is 2. The Labute approximate surface area is 121 Å². The second-order valence-corrected chi connectivity index (χ2v) is 7.57. The van der Waals surface area contributed by atoms with Gasteiger partial charge in [0.15, 0.2) is 0 Å². The lowest BCUT2D eigenvalue weighted by Crippen LogP contribution is -2.47. The van der Waals surface area contributed by atoms with Crippen LogP contribution in [0.5, 0.6) is 0 Å². The zero-order valence-electron chi connectivity index (χ0n) is 12.3. The van der Waals surface area contributed by atoms with Gasteiger partial charge in [-0.3, -0.25) is 0 Å². The number of sulfonamides is 1. The van der Waals surface area contributed by atoms with Gasteiger partial charge in [-0.05, 0) is 51.1 Å². The van der Waals surface area contributed by atoms with Crippen molar-refractivity contribution < 1.29 is 8.42 Å². The Morgan fingerprint density at radius 1 is 1.40 bits per heavy atom. The molecule has 1 unspecified atom stereocenters. The summed E-state index contributed by atoms with van der Waals surface area (Å²) in [6.45, 7) is 3.60. The molecule has 0 radical (unpaired) electrons. The Bertz CT molecular complexity index is 586. The molecule has 1 fully saturated rings. The third kappa shape index (κ3) is 2.97. The van der Waals surface area contributed by atoms with Crippen molar-refractivity contribution in [2.24, 2.45) is 0 Å². The Kier molecular flexibility index (Phi) is 4.36. The van der Waals surface area contributed by atoms with Crippen LogP contribution in [0, 0.1) is 6.92 Å². The molecule has 1 aliphatic rings. The molecule has 0 aliphatic carbocycles. The number of aryl methyl sites for hydroxylation is 1. The van der Waals surface area contributed by atoms with Gasteiger partial charge in [0.25, 0.3) is 0 Å². The first-order valence-electron chi connectivity index (χ1n) is 6.85. The first-order valence-corrected chi connectivity index (χ1v) is 8.29. The highest BCUT2D eigenvalue weighted by atomic mass is 32.2. The minimum absolute atomic E-state index is 0.0274. The van der Waals surface area contributed by atoms with Gasteiger partial charge in [-0.25, -0.2) is 8.42 Å². The van der Waals surface area contributed by atoms with E-state index in [1.165, 1.54) is 4.31 Å². The number of hydrogen-bond acceptors (Lipinski definition) is 4. The van der Waals surface area contributed by atoms with Crippen LogP contribution in [0.3, 0.4) is 0 Å². The summed E-state index contributed by atoms with van der Waals surface area (Å²) in [5.74, 6) is 0. The van der Waals surface area contributed by atoms with Gasteiger partial charge in [0, 0.05) is 25.3 Å². The largest absolute Gasteiger partial charge is 0.399 e. The zero-order valence-corrected chi connectivity index (χ0v) is 13.2. The van der Waals surface area contributed by atoms with Crippen molar-refractivity contribution in [3.63, 3.8) is 0 Å². The second-order valence-electron chi connectivity index (χ2n) is 5.60. The lowest BCUT2D eigenvalue weighted by Gasteiger charge is -2.35. The van der Waals surface area contributed by atoms with Crippen LogP contribution in [-0.4, -0.2) is 50.8 Å². The average molecular weight is 297 g/mol. The summed E-state index contributed by atoms with van der Waals surface area (Å²) in [5.41, 5.74) is 6.94. The monoisotopic (exact) mass is 297 g/mol. The maximum absolute atomic E-state index is 12.8. The van der Waals surface area contributed by atoms with Gasteiger partial charge in [-0.1, -0.05) is 6.07 Å². The van der Waals surface area contributed by atoms with Crippen LogP contribution in [-0.2, 0) is 10.0 Å². The number of rotatable bonds is 3. The summed E-state index contributed by atoms with van der Waals surface area (Å²) in [6, 6.07) is 5.05. The predicted molar refractivity (Wildman–Crippen MR) is 81.1 cm³/mol. The van der Waals surface area contributed by atoms with E-state index in [-0.39, 0.29) is 6.04 Å². The Morgan fingerprint density at radius 3 is 2.75 bits per heavy atom. The molecule has 0 saturated carbocycles. The molecule has 0 bridgehead atoms. The van der Waals surface area contributed by atoms with Gasteiger partial charge in [0.1, 0.15) is 0 Å². The standard InChI is InChI=1S/C14H23N3O2S/c1-11-6-7-12(15)9-14(11)20(18,19)17(3)13-5-4-8-16(2)10-13/h6-7,9,13H,4-5,8,10,15H2,1-3H3. The number of likely N-dealkylation sites (tertiary alicyclic amines) is 1. The molecule has 0 amide bonds. The topological polar surface area (TPSA) is 66.6 Å². The number of nitrogens with two attached hydrogens (primary N) is 1. The summed E-state index contributed by atoms with van der Waals surface area (Å²) in [6.07, 6.45) is 1.93. The second kappa shape index (κ2) is 5.71. The van der Waals surface area contributed by atoms with Crippen molar-refractivity contribution in [1.82, 2.24) is 9.21 Å². The fourth-order valence-electron chi connectivity index (χ4n) is 2.68. The number of anilines is 1.